The van der Waals surface area contributed by atoms with Crippen molar-refractivity contribution in [3.8, 4) is 0 Å². The van der Waals surface area contributed by atoms with Gasteiger partial charge in [-0.15, -0.1) is 0 Å². The highest BCUT2D eigenvalue weighted by molar-refractivity contribution is 6.03. The number of allylic oxidation sites excluding steroid dienone is 2. The summed E-state index contributed by atoms with van der Waals surface area (Å²) in [5.41, 5.74) is 12.8. The van der Waals surface area contributed by atoms with Crippen LogP contribution in [0, 0.1) is 0 Å². The van der Waals surface area contributed by atoms with Gasteiger partial charge in [0.25, 0.3) is 0 Å². The Kier molecular flexibility index (Phi) is 23.5. The van der Waals surface area contributed by atoms with Crippen molar-refractivity contribution in [3.63, 3.8) is 0 Å². The van der Waals surface area contributed by atoms with Crippen LogP contribution < -0.4 is 4.90 Å². The summed E-state index contributed by atoms with van der Waals surface area (Å²) in [6.45, 7) is 20.0. The van der Waals surface area contributed by atoms with Crippen LogP contribution in [-0.2, 0) is 0 Å². The average Bonchev–Trinajstić information content (AvgIpc) is 3.40. The van der Waals surface area contributed by atoms with E-state index in [1.54, 1.807) is 0 Å². The quantitative estimate of drug-likeness (QED) is 0.0981. The Labute approximate surface area is 381 Å². The Bertz CT molecular complexity index is 2410. The second-order valence-electron chi connectivity index (χ2n) is 12.9. The lowest BCUT2D eigenvalue weighted by Crippen LogP contribution is -2.10. The molecule has 8 rings (SSSR count). The molecule has 322 valence electrons. The lowest BCUT2D eigenvalue weighted by Gasteiger charge is -2.27. The summed E-state index contributed by atoms with van der Waals surface area (Å²) in [6, 6.07) is 75.2. The van der Waals surface area contributed by atoms with E-state index >= 15 is 0 Å². The van der Waals surface area contributed by atoms with Gasteiger partial charge in [-0.3, -0.25) is 0 Å². The molecule has 0 aliphatic rings. The molecule has 8 aromatic rings. The third kappa shape index (κ3) is 14.0. The topological polar surface area (TPSA) is 3.24 Å². The third-order valence-electron chi connectivity index (χ3n) is 9.53. The number of fused-ring (bicyclic) bond motifs is 1. The molecule has 0 aliphatic heterocycles. The van der Waals surface area contributed by atoms with Gasteiger partial charge in [0.05, 0.1) is 5.69 Å². The summed E-state index contributed by atoms with van der Waals surface area (Å²) < 4.78 is 0. The van der Waals surface area contributed by atoms with E-state index < -0.39 is 0 Å². The van der Waals surface area contributed by atoms with Gasteiger partial charge in [-0.1, -0.05) is 269 Å². The molecule has 0 saturated carbocycles. The molecule has 0 unspecified atom stereocenters. The van der Waals surface area contributed by atoms with Crippen molar-refractivity contribution in [2.24, 2.45) is 0 Å². The lowest BCUT2D eigenvalue weighted by atomic mass is 9.95. The van der Waals surface area contributed by atoms with Crippen LogP contribution in [0.25, 0.3) is 34.1 Å². The normalized spacial score (nSPS) is 9.68. The van der Waals surface area contributed by atoms with Crippen LogP contribution in [0.3, 0.4) is 0 Å². The highest BCUT2D eigenvalue weighted by Gasteiger charge is 2.16. The molecule has 63 heavy (non-hydrogen) atoms. The van der Waals surface area contributed by atoms with Gasteiger partial charge in [-0.25, -0.2) is 0 Å². The van der Waals surface area contributed by atoms with Crippen LogP contribution in [0.2, 0.25) is 0 Å². The maximum absolute atomic E-state index is 2.36. The van der Waals surface area contributed by atoms with Gasteiger partial charge in [0, 0.05) is 16.8 Å². The van der Waals surface area contributed by atoms with E-state index in [2.05, 4.69) is 242 Å². The Morgan fingerprint density at radius 3 is 1.14 bits per heavy atom. The minimum absolute atomic E-state index is 1.10. The minimum atomic E-state index is 1.10. The number of nitrogens with zero attached hydrogens (tertiary/aromatic N) is 1. The smallest absolute Gasteiger partial charge is 0.0540 e. The summed E-state index contributed by atoms with van der Waals surface area (Å²) in [5.74, 6) is 0. The van der Waals surface area contributed by atoms with E-state index in [0.717, 1.165) is 22.6 Å². The number of hydrogen-bond acceptors (Lipinski definition) is 1. The Balaban J connectivity index is 0.000000988. The fraction of sp³-hybridized carbons (Fsp3) is 0.161. The highest BCUT2D eigenvalue weighted by Crippen LogP contribution is 2.40. The average molecular weight is 828 g/mol. The predicted octanol–water partition coefficient (Wildman–Crippen LogP) is 19.2. The molecule has 0 aliphatic carbocycles. The van der Waals surface area contributed by atoms with E-state index in [1.807, 2.05) is 69.2 Å². The van der Waals surface area contributed by atoms with E-state index in [4.69, 9.17) is 0 Å². The van der Waals surface area contributed by atoms with Gasteiger partial charge < -0.3 is 4.90 Å². The first-order valence-electron chi connectivity index (χ1n) is 23.1. The molecule has 0 fully saturated rings. The lowest BCUT2D eigenvalue weighted by molar-refractivity contribution is 1.29. The van der Waals surface area contributed by atoms with Crippen molar-refractivity contribution in [1.82, 2.24) is 0 Å². The molecule has 0 bridgehead atoms. The molecule has 0 N–H and O–H groups in total. The summed E-state index contributed by atoms with van der Waals surface area (Å²) in [5, 5.41) is 2.39. The molecule has 1 heteroatoms. The fourth-order valence-electron chi connectivity index (χ4n) is 6.95. The van der Waals surface area contributed by atoms with Crippen LogP contribution >= 0.6 is 0 Å². The predicted molar refractivity (Wildman–Crippen MR) is 284 cm³/mol. The van der Waals surface area contributed by atoms with Gasteiger partial charge in [0.2, 0.25) is 0 Å². The first-order chi connectivity index (χ1) is 31.3. The van der Waals surface area contributed by atoms with Gasteiger partial charge in [-0.2, -0.15) is 0 Å². The summed E-state index contributed by atoms with van der Waals surface area (Å²) in [6.07, 6.45) is 8.91. The molecular formula is C62H69N. The van der Waals surface area contributed by atoms with Gasteiger partial charge in [0.1, 0.15) is 0 Å². The van der Waals surface area contributed by atoms with Crippen molar-refractivity contribution in [2.75, 3.05) is 4.90 Å². The fourth-order valence-corrected chi connectivity index (χ4v) is 6.95. The largest absolute Gasteiger partial charge is 0.310 e. The standard InChI is InChI=1S/C52H39N.5C2H6/c1-6-19-41(20-7-1)48(42-21-8-2-9-22-42)32-18-27-45-35-38-52(50-31-17-16-30-49(45)50)53(46-28-14-5-15-29-46)47-36-33-40(34-37-47)39-51(43-23-10-3-11-24-43)44-25-12-4-13-26-44;5*1-2/h1-39H;5*1-2H3/b27-18+;;;;;. The molecule has 0 radical (unpaired) electrons. The summed E-state index contributed by atoms with van der Waals surface area (Å²) in [4.78, 5) is 2.36. The zero-order valence-corrected chi connectivity index (χ0v) is 39.5. The van der Waals surface area contributed by atoms with E-state index in [-0.39, 0.29) is 0 Å². The van der Waals surface area contributed by atoms with Crippen molar-refractivity contribution < 1.29 is 0 Å². The Hall–Kier alpha value is -6.96. The molecule has 0 heterocycles. The van der Waals surface area contributed by atoms with Crippen LogP contribution in [-0.4, -0.2) is 0 Å². The first-order valence-corrected chi connectivity index (χ1v) is 23.1. The Morgan fingerprint density at radius 1 is 0.333 bits per heavy atom. The molecule has 1 nitrogen and oxygen atoms in total. The monoisotopic (exact) mass is 828 g/mol. The van der Waals surface area contributed by atoms with Crippen LogP contribution in [0.1, 0.15) is 103 Å². The van der Waals surface area contributed by atoms with Gasteiger partial charge in [0.15, 0.2) is 0 Å². The number of benzene rings is 8. The number of anilines is 3. The molecule has 8 aromatic carbocycles. The second-order valence-corrected chi connectivity index (χ2v) is 12.9. The second kappa shape index (κ2) is 29.3. The molecule has 0 saturated heterocycles. The first kappa shape index (κ1) is 50.4. The minimum Gasteiger partial charge on any atom is -0.310 e. The van der Waals surface area contributed by atoms with Gasteiger partial charge in [-0.05, 0) is 86.3 Å². The van der Waals surface area contributed by atoms with Gasteiger partial charge >= 0.3 is 0 Å². The number of rotatable bonds is 10. The van der Waals surface area contributed by atoms with Crippen molar-refractivity contribution >= 4 is 51.1 Å². The summed E-state index contributed by atoms with van der Waals surface area (Å²) in [7, 11) is 0. The molecule has 0 spiro atoms. The molecule has 0 amide bonds. The van der Waals surface area contributed by atoms with Crippen LogP contribution in [0.15, 0.2) is 224 Å². The molecule has 0 aromatic heterocycles. The van der Waals surface area contributed by atoms with Crippen LogP contribution in [0.5, 0.6) is 0 Å². The SMILES string of the molecule is C(/C=C/c1ccc(N(c2ccccc2)c2ccc(C=C(c3ccccc3)c3ccccc3)cc2)c2ccccc12)=C(c1ccccc1)c1ccccc1.CC.CC.CC.CC.CC. The van der Waals surface area contributed by atoms with E-state index in [9.17, 15) is 0 Å². The van der Waals surface area contributed by atoms with E-state index in [1.165, 1.54) is 49.7 Å². The summed E-state index contributed by atoms with van der Waals surface area (Å²) >= 11 is 0. The number of para-hydroxylation sites is 1. The zero-order valence-electron chi connectivity index (χ0n) is 39.5. The molecular weight excluding hydrogens is 759 g/mol. The molecule has 0 atom stereocenters. The maximum atomic E-state index is 2.36. The Morgan fingerprint density at radius 2 is 0.698 bits per heavy atom. The van der Waals surface area contributed by atoms with Crippen molar-refractivity contribution in [3.05, 3.63) is 258 Å². The van der Waals surface area contributed by atoms with Crippen LogP contribution in [0.4, 0.5) is 17.1 Å². The van der Waals surface area contributed by atoms with Crippen molar-refractivity contribution in [2.45, 2.75) is 69.2 Å². The number of hydrogen-bond donors (Lipinski definition) is 0. The van der Waals surface area contributed by atoms with Crippen molar-refractivity contribution in [1.29, 1.82) is 0 Å². The highest BCUT2D eigenvalue weighted by atomic mass is 15.1. The van der Waals surface area contributed by atoms with E-state index in [0.29, 0.717) is 0 Å². The maximum Gasteiger partial charge on any atom is 0.0540 e. The zero-order chi connectivity index (χ0) is 45.7. The third-order valence-corrected chi connectivity index (χ3v) is 9.53.